The van der Waals surface area contributed by atoms with Crippen LogP contribution < -0.4 is 0 Å². The first kappa shape index (κ1) is 17.1. The fourth-order valence-electron chi connectivity index (χ4n) is 2.55. The number of aliphatic hydroxyl groups excluding tert-OH is 1. The summed E-state index contributed by atoms with van der Waals surface area (Å²) in [6.45, 7) is 1.36. The summed E-state index contributed by atoms with van der Waals surface area (Å²) >= 11 is 0. The number of hydrogen-bond donors (Lipinski definition) is 1. The van der Waals surface area contributed by atoms with Crippen LogP contribution in [-0.4, -0.2) is 29.4 Å². The molecule has 1 aromatic heterocycles. The first-order valence-corrected chi connectivity index (χ1v) is 6.86. The molecule has 0 bridgehead atoms. The third kappa shape index (κ3) is 3.24. The van der Waals surface area contributed by atoms with E-state index >= 15 is 0 Å². The van der Waals surface area contributed by atoms with Crippen LogP contribution in [0.4, 0.5) is 13.2 Å². The third-order valence-corrected chi connectivity index (χ3v) is 3.57. The van der Waals surface area contributed by atoms with Gasteiger partial charge in [-0.3, -0.25) is 0 Å². The second-order valence-electron chi connectivity index (χ2n) is 4.97. The van der Waals surface area contributed by atoms with Crippen molar-refractivity contribution in [3.8, 4) is 11.3 Å². The molecule has 0 fully saturated rings. The Morgan fingerprint density at radius 1 is 1.30 bits per heavy atom. The molecule has 2 aromatic rings. The number of aromatic nitrogens is 1. The van der Waals surface area contributed by atoms with Crippen LogP contribution in [0, 0.1) is 6.92 Å². The molecule has 124 valence electrons. The highest BCUT2D eigenvalue weighted by atomic mass is 19.4. The summed E-state index contributed by atoms with van der Waals surface area (Å²) in [5.74, 6) is -0.634. The number of alkyl halides is 3. The number of halogens is 3. The Hall–Kier alpha value is -2.28. The van der Waals surface area contributed by atoms with E-state index in [-0.39, 0.29) is 30.0 Å². The molecule has 0 aliphatic rings. The van der Waals surface area contributed by atoms with Crippen LogP contribution in [0.25, 0.3) is 11.3 Å². The number of carbonyl (C=O) groups is 1. The van der Waals surface area contributed by atoms with E-state index in [4.69, 9.17) is 5.11 Å². The zero-order valence-corrected chi connectivity index (χ0v) is 12.6. The van der Waals surface area contributed by atoms with E-state index in [9.17, 15) is 18.0 Å². The lowest BCUT2D eigenvalue weighted by Gasteiger charge is -2.15. The van der Waals surface area contributed by atoms with Gasteiger partial charge < -0.3 is 14.4 Å². The molecule has 0 saturated carbocycles. The highest BCUT2D eigenvalue weighted by Crippen LogP contribution is 2.39. The van der Waals surface area contributed by atoms with E-state index < -0.39 is 17.7 Å². The zero-order chi connectivity index (χ0) is 17.2. The largest absolute Gasteiger partial charge is 0.465 e. The summed E-state index contributed by atoms with van der Waals surface area (Å²) in [7, 11) is 1.20. The van der Waals surface area contributed by atoms with Crippen LogP contribution in [0.15, 0.2) is 30.5 Å². The third-order valence-electron chi connectivity index (χ3n) is 3.57. The fourth-order valence-corrected chi connectivity index (χ4v) is 2.55. The Bertz CT molecular complexity index is 720. The van der Waals surface area contributed by atoms with Crippen molar-refractivity contribution >= 4 is 5.97 Å². The lowest BCUT2D eigenvalue weighted by Crippen LogP contribution is -2.10. The number of hydrogen-bond acceptors (Lipinski definition) is 3. The Balaban J connectivity index is 2.73. The first-order valence-electron chi connectivity index (χ1n) is 6.86. The number of rotatable bonds is 4. The molecule has 0 radical (unpaired) electrons. The number of benzene rings is 1. The van der Waals surface area contributed by atoms with Gasteiger partial charge in [0.2, 0.25) is 0 Å². The minimum atomic E-state index is -4.53. The second-order valence-corrected chi connectivity index (χ2v) is 4.97. The molecule has 0 unspecified atom stereocenters. The van der Waals surface area contributed by atoms with Crippen LogP contribution in [0.3, 0.4) is 0 Å². The van der Waals surface area contributed by atoms with Gasteiger partial charge in [-0.25, -0.2) is 4.79 Å². The summed E-state index contributed by atoms with van der Waals surface area (Å²) < 4.78 is 45.9. The van der Waals surface area contributed by atoms with Crippen LogP contribution in [0.1, 0.15) is 21.5 Å². The Morgan fingerprint density at radius 3 is 2.52 bits per heavy atom. The van der Waals surface area contributed by atoms with Crippen LogP contribution >= 0.6 is 0 Å². The summed E-state index contributed by atoms with van der Waals surface area (Å²) in [6, 6.07) is 5.14. The van der Waals surface area contributed by atoms with Gasteiger partial charge in [-0.05, 0) is 18.6 Å². The molecular formula is C16H16F3NO3. The normalized spacial score (nSPS) is 11.6. The quantitative estimate of drug-likeness (QED) is 0.877. The number of carbonyl (C=O) groups excluding carboxylic acids is 1. The highest BCUT2D eigenvalue weighted by Gasteiger charge is 2.35. The maximum absolute atomic E-state index is 13.3. The van der Waals surface area contributed by atoms with Crippen molar-refractivity contribution in [1.29, 1.82) is 0 Å². The topological polar surface area (TPSA) is 51.5 Å². The van der Waals surface area contributed by atoms with Gasteiger partial charge in [0.15, 0.2) is 0 Å². The summed E-state index contributed by atoms with van der Waals surface area (Å²) in [6.07, 6.45) is -3.12. The van der Waals surface area contributed by atoms with Gasteiger partial charge in [0, 0.05) is 18.3 Å². The Morgan fingerprint density at radius 2 is 1.96 bits per heavy atom. The fraction of sp³-hybridized carbons (Fsp3) is 0.312. The van der Waals surface area contributed by atoms with E-state index in [1.165, 1.54) is 36.1 Å². The number of methoxy groups -OCH3 is 1. The Kier molecular flexibility index (Phi) is 4.79. The van der Waals surface area contributed by atoms with Crippen molar-refractivity contribution in [1.82, 2.24) is 4.57 Å². The lowest BCUT2D eigenvalue weighted by atomic mass is 10.00. The molecule has 2 rings (SSSR count). The SMILES string of the molecule is COC(=O)c1cn(CCO)c(-c2ccccc2C(F)(F)F)c1C. The van der Waals surface area contributed by atoms with Crippen molar-refractivity contribution in [3.63, 3.8) is 0 Å². The molecule has 0 aliphatic heterocycles. The van der Waals surface area contributed by atoms with Crippen LogP contribution in [-0.2, 0) is 17.5 Å². The van der Waals surface area contributed by atoms with E-state index in [0.717, 1.165) is 6.07 Å². The van der Waals surface area contributed by atoms with Gasteiger partial charge in [0.05, 0.1) is 30.5 Å². The number of aliphatic hydroxyl groups is 1. The first-order chi connectivity index (χ1) is 10.8. The standard InChI is InChI=1S/C16H16F3NO3/c1-10-12(15(22)23-2)9-20(7-8-21)14(10)11-5-3-4-6-13(11)16(17,18)19/h3-6,9,21H,7-8H2,1-2H3. The van der Waals surface area contributed by atoms with Crippen molar-refractivity contribution in [2.24, 2.45) is 0 Å². The molecule has 0 amide bonds. The second kappa shape index (κ2) is 6.45. The lowest BCUT2D eigenvalue weighted by molar-refractivity contribution is -0.137. The average Bonchev–Trinajstić information content (AvgIpc) is 2.82. The van der Waals surface area contributed by atoms with Crippen LogP contribution in [0.2, 0.25) is 0 Å². The molecule has 0 saturated heterocycles. The van der Waals surface area contributed by atoms with E-state index in [1.54, 1.807) is 6.92 Å². The molecule has 1 heterocycles. The monoisotopic (exact) mass is 327 g/mol. The minimum Gasteiger partial charge on any atom is -0.465 e. The van der Waals surface area contributed by atoms with Gasteiger partial charge in [-0.2, -0.15) is 13.2 Å². The summed E-state index contributed by atoms with van der Waals surface area (Å²) in [5.41, 5.74) is -0.0415. The molecule has 1 aromatic carbocycles. The molecule has 4 nitrogen and oxygen atoms in total. The molecule has 23 heavy (non-hydrogen) atoms. The Labute approximate surface area is 131 Å². The maximum Gasteiger partial charge on any atom is 0.417 e. The van der Waals surface area contributed by atoms with Gasteiger partial charge >= 0.3 is 12.1 Å². The predicted octanol–water partition coefficient (Wildman–Crippen LogP) is 3.26. The number of esters is 1. The van der Waals surface area contributed by atoms with Gasteiger partial charge in [-0.15, -0.1) is 0 Å². The van der Waals surface area contributed by atoms with Gasteiger partial charge in [0.25, 0.3) is 0 Å². The van der Waals surface area contributed by atoms with Crippen LogP contribution in [0.5, 0.6) is 0 Å². The van der Waals surface area contributed by atoms with Crippen molar-refractivity contribution < 1.29 is 27.8 Å². The summed E-state index contributed by atoms with van der Waals surface area (Å²) in [4.78, 5) is 11.8. The molecule has 0 aliphatic carbocycles. The average molecular weight is 327 g/mol. The van der Waals surface area contributed by atoms with Crippen molar-refractivity contribution in [3.05, 3.63) is 47.2 Å². The number of ether oxygens (including phenoxy) is 1. The predicted molar refractivity (Wildman–Crippen MR) is 78.0 cm³/mol. The van der Waals surface area contributed by atoms with Crippen molar-refractivity contribution in [2.75, 3.05) is 13.7 Å². The molecule has 1 N–H and O–H groups in total. The molecule has 0 atom stereocenters. The van der Waals surface area contributed by atoms with Gasteiger partial charge in [0.1, 0.15) is 0 Å². The number of nitrogens with zero attached hydrogens (tertiary/aromatic N) is 1. The minimum absolute atomic E-state index is 0.0406. The van der Waals surface area contributed by atoms with E-state index in [2.05, 4.69) is 4.74 Å². The maximum atomic E-state index is 13.3. The van der Waals surface area contributed by atoms with E-state index in [0.29, 0.717) is 5.56 Å². The molecule has 7 heteroatoms. The molecular weight excluding hydrogens is 311 g/mol. The highest BCUT2D eigenvalue weighted by molar-refractivity contribution is 5.93. The molecule has 0 spiro atoms. The zero-order valence-electron chi connectivity index (χ0n) is 12.6. The summed E-state index contributed by atoms with van der Waals surface area (Å²) in [5, 5.41) is 9.16. The van der Waals surface area contributed by atoms with Gasteiger partial charge in [-0.1, -0.05) is 18.2 Å². The smallest absolute Gasteiger partial charge is 0.417 e. The van der Waals surface area contributed by atoms with Crippen molar-refractivity contribution in [2.45, 2.75) is 19.6 Å². The van der Waals surface area contributed by atoms with E-state index in [1.807, 2.05) is 0 Å².